The Morgan fingerprint density at radius 1 is 1.14 bits per heavy atom. The predicted octanol–water partition coefficient (Wildman–Crippen LogP) is 4.21. The second kappa shape index (κ2) is 4.99. The highest BCUT2D eigenvalue weighted by molar-refractivity contribution is 6.31. The fourth-order valence-electron chi connectivity index (χ4n) is 2.98. The fourth-order valence-corrected chi connectivity index (χ4v) is 3.25. The average Bonchev–Trinajstić information content (AvgIpc) is 3.32. The Bertz CT molecular complexity index is 740. The molecule has 5 heteroatoms. The second-order valence-corrected chi connectivity index (χ2v) is 6.08. The number of anilines is 1. The van der Waals surface area contributed by atoms with Crippen LogP contribution in [0.15, 0.2) is 42.5 Å². The minimum absolute atomic E-state index is 0.0684. The van der Waals surface area contributed by atoms with Gasteiger partial charge in [-0.3, -0.25) is 4.79 Å². The molecule has 2 aromatic carbocycles. The third kappa shape index (κ3) is 2.06. The maximum Gasteiger partial charge on any atom is 0.258 e. The summed E-state index contributed by atoms with van der Waals surface area (Å²) in [6, 6.07) is 12.1. The third-order valence-electron chi connectivity index (χ3n) is 4.18. The molecule has 1 atom stereocenters. The first-order valence-electron chi connectivity index (χ1n) is 7.29. The van der Waals surface area contributed by atoms with Crippen LogP contribution in [0, 0.1) is 5.82 Å². The molecule has 1 aliphatic carbocycles. The SMILES string of the molecule is O=C1c2ccccc2N[C@@H](c2c(F)cccc2Cl)N1C1CC1. The van der Waals surface area contributed by atoms with Crippen molar-refractivity contribution in [1.82, 2.24) is 4.90 Å². The minimum Gasteiger partial charge on any atom is -0.361 e. The van der Waals surface area contributed by atoms with Crippen LogP contribution in [0.4, 0.5) is 10.1 Å². The fraction of sp³-hybridized carbons (Fsp3) is 0.235. The molecule has 2 aliphatic rings. The zero-order chi connectivity index (χ0) is 15.3. The molecule has 22 heavy (non-hydrogen) atoms. The van der Waals surface area contributed by atoms with Crippen LogP contribution in [0.5, 0.6) is 0 Å². The van der Waals surface area contributed by atoms with E-state index in [9.17, 15) is 9.18 Å². The van der Waals surface area contributed by atoms with Gasteiger partial charge in [-0.05, 0) is 37.1 Å². The number of nitrogens with zero attached hydrogens (tertiary/aromatic N) is 1. The topological polar surface area (TPSA) is 32.3 Å². The van der Waals surface area contributed by atoms with Crippen molar-refractivity contribution < 1.29 is 9.18 Å². The number of rotatable bonds is 2. The Kier molecular flexibility index (Phi) is 3.08. The van der Waals surface area contributed by atoms with E-state index < -0.39 is 12.0 Å². The largest absolute Gasteiger partial charge is 0.361 e. The second-order valence-electron chi connectivity index (χ2n) is 5.67. The molecule has 112 valence electrons. The number of hydrogen-bond acceptors (Lipinski definition) is 2. The molecule has 1 N–H and O–H groups in total. The maximum absolute atomic E-state index is 14.3. The van der Waals surface area contributed by atoms with E-state index in [-0.39, 0.29) is 11.9 Å². The first-order chi connectivity index (χ1) is 10.7. The van der Waals surface area contributed by atoms with Gasteiger partial charge in [-0.25, -0.2) is 4.39 Å². The van der Waals surface area contributed by atoms with Crippen molar-refractivity contribution in [2.45, 2.75) is 25.0 Å². The zero-order valence-corrected chi connectivity index (χ0v) is 12.5. The molecule has 4 rings (SSSR count). The van der Waals surface area contributed by atoms with Crippen LogP contribution >= 0.6 is 11.6 Å². The lowest BCUT2D eigenvalue weighted by molar-refractivity contribution is 0.0663. The number of benzene rings is 2. The monoisotopic (exact) mass is 316 g/mol. The third-order valence-corrected chi connectivity index (χ3v) is 4.51. The summed E-state index contributed by atoms with van der Waals surface area (Å²) >= 11 is 6.21. The van der Waals surface area contributed by atoms with Gasteiger partial charge in [-0.2, -0.15) is 0 Å². The van der Waals surface area contributed by atoms with Gasteiger partial charge >= 0.3 is 0 Å². The number of amides is 1. The summed E-state index contributed by atoms with van der Waals surface area (Å²) in [7, 11) is 0. The van der Waals surface area contributed by atoms with Crippen molar-refractivity contribution in [2.75, 3.05) is 5.32 Å². The van der Waals surface area contributed by atoms with Gasteiger partial charge < -0.3 is 10.2 Å². The smallest absolute Gasteiger partial charge is 0.258 e. The molecule has 1 fully saturated rings. The van der Waals surface area contributed by atoms with Crippen molar-refractivity contribution in [3.63, 3.8) is 0 Å². The molecule has 2 aromatic rings. The van der Waals surface area contributed by atoms with Gasteiger partial charge in [0, 0.05) is 17.3 Å². The van der Waals surface area contributed by atoms with E-state index in [4.69, 9.17) is 11.6 Å². The number of nitrogens with one attached hydrogen (secondary N) is 1. The van der Waals surface area contributed by atoms with Gasteiger partial charge in [0.25, 0.3) is 5.91 Å². The molecule has 0 unspecified atom stereocenters. The molecule has 0 radical (unpaired) electrons. The van der Waals surface area contributed by atoms with Crippen LogP contribution in [0.1, 0.15) is 34.9 Å². The van der Waals surface area contributed by atoms with Crippen LogP contribution in [-0.4, -0.2) is 16.8 Å². The Hall–Kier alpha value is -2.07. The van der Waals surface area contributed by atoms with Gasteiger partial charge in [0.1, 0.15) is 12.0 Å². The Morgan fingerprint density at radius 3 is 2.64 bits per heavy atom. The summed E-state index contributed by atoms with van der Waals surface area (Å²) in [5.74, 6) is -0.469. The van der Waals surface area contributed by atoms with Crippen LogP contribution in [-0.2, 0) is 0 Å². The van der Waals surface area contributed by atoms with Crippen molar-refractivity contribution in [1.29, 1.82) is 0 Å². The molecular weight excluding hydrogens is 303 g/mol. The van der Waals surface area contributed by atoms with Crippen molar-refractivity contribution in [3.05, 3.63) is 64.4 Å². The Morgan fingerprint density at radius 2 is 1.91 bits per heavy atom. The van der Waals surface area contributed by atoms with Gasteiger partial charge in [-0.15, -0.1) is 0 Å². The summed E-state index contributed by atoms with van der Waals surface area (Å²) in [5, 5.41) is 3.61. The first-order valence-corrected chi connectivity index (χ1v) is 7.67. The summed E-state index contributed by atoms with van der Waals surface area (Å²) in [6.45, 7) is 0. The predicted molar refractivity (Wildman–Crippen MR) is 83.4 cm³/mol. The number of para-hydroxylation sites is 1. The van der Waals surface area contributed by atoms with Crippen LogP contribution in [0.2, 0.25) is 5.02 Å². The van der Waals surface area contributed by atoms with Crippen molar-refractivity contribution in [3.8, 4) is 0 Å². The maximum atomic E-state index is 14.3. The van der Waals surface area contributed by atoms with E-state index in [0.717, 1.165) is 12.8 Å². The van der Waals surface area contributed by atoms with Gasteiger partial charge in [0.05, 0.1) is 10.6 Å². The minimum atomic E-state index is -0.566. The lowest BCUT2D eigenvalue weighted by Crippen LogP contribution is -2.44. The number of fused-ring (bicyclic) bond motifs is 1. The number of hydrogen-bond donors (Lipinski definition) is 1. The number of carbonyl (C=O) groups excluding carboxylic acids is 1. The van der Waals surface area contributed by atoms with Gasteiger partial charge in [0.15, 0.2) is 0 Å². The molecule has 1 saturated carbocycles. The Labute approximate surface area is 132 Å². The molecule has 1 heterocycles. The Balaban J connectivity index is 1.86. The number of halogens is 2. The summed E-state index contributed by atoms with van der Waals surface area (Å²) in [4.78, 5) is 14.6. The summed E-state index contributed by atoms with van der Waals surface area (Å²) in [5.41, 5.74) is 1.67. The molecule has 0 bridgehead atoms. The highest BCUT2D eigenvalue weighted by Gasteiger charge is 2.43. The van der Waals surface area contributed by atoms with Crippen LogP contribution in [0.3, 0.4) is 0 Å². The molecule has 0 aromatic heterocycles. The molecule has 0 saturated heterocycles. The summed E-state index contributed by atoms with van der Waals surface area (Å²) < 4.78 is 14.3. The van der Waals surface area contributed by atoms with Crippen molar-refractivity contribution in [2.24, 2.45) is 0 Å². The highest BCUT2D eigenvalue weighted by Crippen LogP contribution is 2.42. The zero-order valence-electron chi connectivity index (χ0n) is 11.7. The highest BCUT2D eigenvalue weighted by atomic mass is 35.5. The van der Waals surface area contributed by atoms with Gasteiger partial charge in [-0.1, -0.05) is 29.8 Å². The van der Waals surface area contributed by atoms with Crippen molar-refractivity contribution >= 4 is 23.2 Å². The molecule has 0 spiro atoms. The molecular formula is C17H14ClFN2O. The molecule has 1 aliphatic heterocycles. The quantitative estimate of drug-likeness (QED) is 0.900. The van der Waals surface area contributed by atoms with E-state index >= 15 is 0 Å². The van der Waals surface area contributed by atoms with Gasteiger partial charge in [0.2, 0.25) is 0 Å². The molecule has 1 amide bonds. The van der Waals surface area contributed by atoms with E-state index in [0.29, 0.717) is 21.8 Å². The van der Waals surface area contributed by atoms with Crippen LogP contribution in [0.25, 0.3) is 0 Å². The lowest BCUT2D eigenvalue weighted by atomic mass is 10.0. The average molecular weight is 317 g/mol. The van der Waals surface area contributed by atoms with Crippen LogP contribution < -0.4 is 5.32 Å². The lowest BCUT2D eigenvalue weighted by Gasteiger charge is -2.38. The van der Waals surface area contributed by atoms with E-state index in [1.54, 1.807) is 23.1 Å². The van der Waals surface area contributed by atoms with E-state index in [2.05, 4.69) is 5.32 Å². The summed E-state index contributed by atoms with van der Waals surface area (Å²) in [6.07, 6.45) is 1.32. The normalized spacial score (nSPS) is 20.5. The first kappa shape index (κ1) is 13.6. The standard InChI is InChI=1S/C17H14ClFN2O/c18-12-5-3-6-13(19)15(12)16-20-14-7-2-1-4-11(14)17(22)21(16)10-8-9-10/h1-7,10,16,20H,8-9H2/t16-/m1/s1. The van der Waals surface area contributed by atoms with E-state index in [1.165, 1.54) is 6.07 Å². The number of carbonyl (C=O) groups is 1. The molecule has 3 nitrogen and oxygen atoms in total. The van der Waals surface area contributed by atoms with E-state index in [1.807, 2.05) is 18.2 Å².